The first-order valence-corrected chi connectivity index (χ1v) is 46.3. The number of aliphatic hydroxyl groups excluding tert-OH is 1. The van der Waals surface area contributed by atoms with Crippen LogP contribution in [0.15, 0.2) is 127 Å². The van der Waals surface area contributed by atoms with Crippen LogP contribution in [0, 0.1) is 51.5 Å². The number of hydrogen-bond acceptors (Lipinski definition) is 24. The minimum atomic E-state index is -1.23. The van der Waals surface area contributed by atoms with Crippen LogP contribution in [-0.4, -0.2) is 238 Å². The lowest BCUT2D eigenvalue weighted by molar-refractivity contribution is -0.384. The molecule has 1 fully saturated rings. The van der Waals surface area contributed by atoms with Crippen LogP contribution in [0.2, 0.25) is 0 Å². The van der Waals surface area contributed by atoms with Gasteiger partial charge in [0.1, 0.15) is 43.1 Å². The first kappa shape index (κ1) is 116. The Morgan fingerprint density at radius 3 is 1.45 bits per heavy atom. The number of aliphatic carboxylic acids is 2. The Bertz CT molecular complexity index is 4700. The summed E-state index contributed by atoms with van der Waals surface area (Å²) in [5.41, 5.74) is 2.50. The molecule has 14 atom stereocenters. The lowest BCUT2D eigenvalue weighted by Crippen LogP contribution is -2.55. The van der Waals surface area contributed by atoms with Gasteiger partial charge in [-0.15, -0.1) is 0 Å². The molecule has 5 rings (SSSR count). The molecule has 39 heteroatoms. The van der Waals surface area contributed by atoms with Crippen LogP contribution in [0.25, 0.3) is 0 Å². The van der Waals surface area contributed by atoms with Crippen LogP contribution in [0.1, 0.15) is 203 Å². The molecule has 754 valence electrons. The molecule has 12 amide bonds. The number of unbranched alkanes of at least 4 members (excludes halogenated alkanes) is 4. The lowest BCUT2D eigenvalue weighted by atomic mass is 9.83. The number of ketones is 1. The number of aliphatic hydroxyl groups is 1. The third-order valence-electron chi connectivity index (χ3n) is 23.4. The third kappa shape index (κ3) is 40.4. The predicted octanol–water partition coefficient (Wildman–Crippen LogP) is 9.78. The van der Waals surface area contributed by atoms with Gasteiger partial charge in [-0.1, -0.05) is 150 Å². The Labute approximate surface area is 801 Å². The molecule has 0 bridgehead atoms. The second-order valence-corrected chi connectivity index (χ2v) is 35.5. The number of nitro benzene ring substituents is 1. The van der Waals surface area contributed by atoms with E-state index in [1.54, 1.807) is 119 Å². The van der Waals surface area contributed by atoms with Crippen LogP contribution in [-0.2, 0) is 99.3 Å². The number of methoxy groups -OCH3 is 2. The highest BCUT2D eigenvalue weighted by Gasteiger charge is 2.45. The number of carboxylic acid groups (broad SMARTS) is 2. The van der Waals surface area contributed by atoms with Gasteiger partial charge in [0.2, 0.25) is 65.0 Å². The maximum absolute atomic E-state index is 14.8. The number of benzene rings is 4. The van der Waals surface area contributed by atoms with Crippen LogP contribution < -0.4 is 52.6 Å². The van der Waals surface area contributed by atoms with Gasteiger partial charge in [-0.3, -0.25) is 67.6 Å². The van der Waals surface area contributed by atoms with Crippen molar-refractivity contribution in [3.63, 3.8) is 0 Å². The normalized spacial score (nSPS) is 15.3. The Kier molecular flexibility index (Phi) is 50.7. The summed E-state index contributed by atoms with van der Waals surface area (Å²) in [5.74, 6) is -10.2. The van der Waals surface area contributed by atoms with Gasteiger partial charge in [0, 0.05) is 121 Å². The quantitative estimate of drug-likeness (QED) is 0.00488. The number of carboxylic acids is 2. The van der Waals surface area contributed by atoms with Crippen LogP contribution in [0.4, 0.5) is 26.7 Å². The highest BCUT2D eigenvalue weighted by atomic mass is 16.7. The number of rotatable bonds is 55. The van der Waals surface area contributed by atoms with Gasteiger partial charge in [0.15, 0.2) is 5.78 Å². The van der Waals surface area contributed by atoms with E-state index in [1.165, 1.54) is 64.3 Å². The number of nitrogens with zero attached hydrogens (tertiary/aromatic N) is 4. The molecule has 1 aliphatic heterocycles. The topological polar surface area (TPSA) is 541 Å². The van der Waals surface area contributed by atoms with Crippen molar-refractivity contribution in [2.75, 3.05) is 58.6 Å². The third-order valence-corrected chi connectivity index (χ3v) is 23.4. The summed E-state index contributed by atoms with van der Waals surface area (Å²) >= 11 is 0. The molecule has 4 aromatic carbocycles. The Hall–Kier alpha value is -13.0. The van der Waals surface area contributed by atoms with Gasteiger partial charge < -0.3 is 102 Å². The molecule has 1 heterocycles. The molecular formula is C98H141N13O26. The Morgan fingerprint density at radius 1 is 0.540 bits per heavy atom. The van der Waals surface area contributed by atoms with E-state index in [0.717, 1.165) is 24.3 Å². The number of Topliss-reactive ketones (excluding diaryl/α,β-unsaturated/α-hetero) is 1. The number of nitrogens with one attached hydrogen (secondary N) is 9. The molecule has 1 aliphatic rings. The van der Waals surface area contributed by atoms with Crippen molar-refractivity contribution >= 4 is 112 Å². The molecule has 0 unspecified atom stereocenters. The fraction of sp³-hybridized carbons (Fsp3) is 0.551. The zero-order valence-corrected chi connectivity index (χ0v) is 81.8. The summed E-state index contributed by atoms with van der Waals surface area (Å²) in [4.78, 5) is 219. The van der Waals surface area contributed by atoms with E-state index in [-0.39, 0.29) is 115 Å². The average Bonchev–Trinajstić information content (AvgIpc) is 1.79. The predicted molar refractivity (Wildman–Crippen MR) is 509 cm³/mol. The van der Waals surface area contributed by atoms with Crippen LogP contribution >= 0.6 is 0 Å². The van der Waals surface area contributed by atoms with E-state index in [4.69, 9.17) is 33.9 Å². The summed E-state index contributed by atoms with van der Waals surface area (Å²) in [6, 6.07) is 20.6. The smallest absolute Gasteiger partial charge is 0.478 e. The zero-order valence-electron chi connectivity index (χ0n) is 81.8. The molecule has 4 aromatic rings. The fourth-order valence-electron chi connectivity index (χ4n) is 15.4. The fourth-order valence-corrected chi connectivity index (χ4v) is 15.4. The first-order valence-electron chi connectivity index (χ1n) is 46.3. The van der Waals surface area contributed by atoms with Crippen molar-refractivity contribution < 1.29 is 121 Å². The molecule has 39 nitrogen and oxygen atoms in total. The minimum absolute atomic E-state index is 0.0624. The standard InChI is InChI=1S/C66H102N8O15.C32H39N5O11/c1-16-42(8)59(52(87-14)37-55(78)74-35-23-26-50(74)61(88-15)43(9)62(82)68-44(10)60(81)47-24-19-17-20-25-47)72(12)65(85)49(39(2)3)36-51(75)58(41(6)7)73(13)66(86)89-38-46-28-30-48(31-29-46)70-63(83)45(11)69-64(84)57(40(4)5)71-54(77)27-21-18-22-34-67-53(76)32-33-56(79)80;1-20(2)29(36-27(39)7-5-4-6-18-33-26(38)16-17-28(40)41)31(43)34-21(3)30(42)35-23-10-8-22(9-11-23)19-47-32(44)48-25-14-12-24(13-15-25)37(45)46/h17,19-20,24-25,28-33,39-45,49-50,52,57-61,81H,16,18,21-23,26-27,34-38H2,1-15H3,(H,67,76)(H,68,82)(H,69,84)(H,70,83)(H,71,77)(H,79,80);8-17,20-21,29H,4-7,18-19H2,1-3H3,(H,33,38)(H,34,43)(H,35,42)(H,36,39)(H,40,41)/b33-32-;17-16-/t42-,43+,44+,45-,49-,50-,52+,57-,58-,59-,60+,61+;21-,29-/m00/s1. The van der Waals surface area contributed by atoms with Crippen LogP contribution in [0.5, 0.6) is 5.75 Å². The van der Waals surface area contributed by atoms with Crippen molar-refractivity contribution in [3.05, 3.63) is 154 Å². The van der Waals surface area contributed by atoms with Crippen molar-refractivity contribution in [1.29, 1.82) is 0 Å². The molecule has 137 heavy (non-hydrogen) atoms. The van der Waals surface area contributed by atoms with E-state index >= 15 is 0 Å². The molecule has 0 radical (unpaired) electrons. The second kappa shape index (κ2) is 59.7. The molecule has 0 aliphatic carbocycles. The molecule has 1 saturated heterocycles. The molecule has 12 N–H and O–H groups in total. The maximum Gasteiger partial charge on any atom is 0.514 e. The average molecular weight is 1920 g/mol. The maximum atomic E-state index is 14.8. The first-order chi connectivity index (χ1) is 64.7. The highest BCUT2D eigenvalue weighted by molar-refractivity contribution is 6.00. The van der Waals surface area contributed by atoms with E-state index in [0.29, 0.717) is 105 Å². The zero-order chi connectivity index (χ0) is 102. The van der Waals surface area contributed by atoms with Gasteiger partial charge in [-0.05, 0) is 142 Å². The monoisotopic (exact) mass is 1920 g/mol. The van der Waals surface area contributed by atoms with Gasteiger partial charge in [0.25, 0.3) is 5.69 Å². The van der Waals surface area contributed by atoms with Gasteiger partial charge in [0.05, 0.1) is 59.7 Å². The number of non-ortho nitro benzene ring substituents is 1. The number of carbonyl (C=O) groups is 16. The number of nitro groups is 1. The Balaban J connectivity index is 0.000000685. The number of carbonyl (C=O) groups excluding carboxylic acids is 14. The largest absolute Gasteiger partial charge is 0.514 e. The number of hydrogen-bond donors (Lipinski definition) is 12. The summed E-state index contributed by atoms with van der Waals surface area (Å²) in [5, 5.41) is 63.0. The van der Waals surface area contributed by atoms with Gasteiger partial charge in [-0.2, -0.15) is 0 Å². The molecule has 0 aromatic heterocycles. The number of amides is 12. The number of anilines is 2. The number of ether oxygens (including phenoxy) is 5. The number of likely N-dealkylation sites (N-methyl/N-ethyl adjacent to an activating group) is 2. The van der Waals surface area contributed by atoms with Crippen molar-refractivity contribution in [2.45, 2.75) is 260 Å². The minimum Gasteiger partial charge on any atom is -0.478 e. The summed E-state index contributed by atoms with van der Waals surface area (Å²) in [7, 11) is 6.20. The van der Waals surface area contributed by atoms with Gasteiger partial charge in [-0.25, -0.2) is 19.2 Å². The van der Waals surface area contributed by atoms with Crippen LogP contribution in [0.3, 0.4) is 0 Å². The lowest BCUT2D eigenvalue weighted by Gasteiger charge is -2.41. The van der Waals surface area contributed by atoms with E-state index in [9.17, 15) is 91.9 Å². The second-order valence-electron chi connectivity index (χ2n) is 35.5. The molecule has 0 spiro atoms. The van der Waals surface area contributed by atoms with E-state index < -0.39 is 143 Å². The van der Waals surface area contributed by atoms with E-state index in [1.807, 2.05) is 59.7 Å². The molecule has 0 saturated carbocycles. The highest BCUT2D eigenvalue weighted by Crippen LogP contribution is 2.33. The van der Waals surface area contributed by atoms with Crippen molar-refractivity contribution in [3.8, 4) is 5.75 Å². The van der Waals surface area contributed by atoms with E-state index in [2.05, 4.69) is 47.9 Å². The SMILES string of the molecule is CC(C)[C@H](NC(=O)CCCCCNC(=O)/C=C\C(=O)O)C(=O)N[C@@H](C)C(=O)Nc1ccc(COC(=O)Oc2ccc([N+](=O)[O-])cc2)cc1.CC[C@H](C)[C@@H]([C@@H](CC(=O)N1CCC[C@H]1[C@H](OC)[C@@H](C)C(=O)N[C@H](C)[C@@H](O)c1ccccc1)OC)N(C)C(=O)[C@@H](CC(=O)[C@H](C(C)C)N(C)C(=O)OCc1ccc(NC(=O)[C@H](C)NC(=O)[C@@H](NC(=O)CCCCCNC(=O)/C=C\C(=O)O)C(C)C)cc1)C(C)C. The Morgan fingerprint density at radius 2 is 1.02 bits per heavy atom. The van der Waals surface area contributed by atoms with Gasteiger partial charge >= 0.3 is 24.2 Å². The number of likely N-dealkylation sites (tertiary alicyclic amines) is 1. The van der Waals surface area contributed by atoms with Crippen molar-refractivity contribution in [1.82, 2.24) is 51.9 Å². The summed E-state index contributed by atoms with van der Waals surface area (Å²) < 4.78 is 27.8. The summed E-state index contributed by atoms with van der Waals surface area (Å²) in [6.07, 6.45) is 4.59. The van der Waals surface area contributed by atoms with Crippen molar-refractivity contribution in [2.24, 2.45) is 41.4 Å². The summed E-state index contributed by atoms with van der Waals surface area (Å²) in [6.45, 7) is 25.7. The molecular weight excluding hydrogens is 1780 g/mol.